The molecule has 0 aliphatic carbocycles. The van der Waals surface area contributed by atoms with E-state index in [4.69, 9.17) is 4.74 Å². The van der Waals surface area contributed by atoms with E-state index in [1.807, 2.05) is 0 Å². The van der Waals surface area contributed by atoms with Crippen LogP contribution in [-0.4, -0.2) is 54.5 Å². The molecule has 0 aliphatic heterocycles. The zero-order valence-electron chi connectivity index (χ0n) is 26.2. The Hall–Kier alpha value is -2.08. The molecule has 13 heteroatoms. The fourth-order valence-corrected chi connectivity index (χ4v) is 4.45. The highest BCUT2D eigenvalue weighted by atomic mass is 19.4. The summed E-state index contributed by atoms with van der Waals surface area (Å²) in [5.41, 5.74) is 0. The van der Waals surface area contributed by atoms with E-state index in [2.05, 4.69) is 12.2 Å². The van der Waals surface area contributed by atoms with Gasteiger partial charge in [0.15, 0.2) is 0 Å². The third-order valence-electron chi connectivity index (χ3n) is 6.91. The molecule has 0 rings (SSSR count). The maximum atomic E-state index is 13.9. The van der Waals surface area contributed by atoms with Gasteiger partial charge in [-0.2, -0.15) is 30.7 Å². The highest BCUT2D eigenvalue weighted by Crippen LogP contribution is 2.46. The summed E-state index contributed by atoms with van der Waals surface area (Å²) in [5.74, 6) is -18.4. The lowest BCUT2D eigenvalue weighted by atomic mass is 10.00. The molecule has 6 nitrogen and oxygen atoms in total. The molecule has 0 fully saturated rings. The largest absolute Gasteiger partial charge is 0.464 e. The molecule has 254 valence electrons. The van der Waals surface area contributed by atoms with Crippen LogP contribution in [0, 0.1) is 11.8 Å². The normalized spacial score (nSPS) is 14.1. The molecule has 0 radical (unpaired) electrons. The number of halogens is 7. The second-order valence-electron chi connectivity index (χ2n) is 12.0. The van der Waals surface area contributed by atoms with E-state index in [1.54, 1.807) is 13.8 Å². The standard InChI is InChI=1S/C30H51F7N2O4/c1-6-7-8-9-10-11-12-13-14-15-16-17-18-43-26(41)24(20-22(4)5)38-25(40)23(19-21(2)3)39-27(42)28(31,32)29(33,34)30(35,36)37/h21-24H,6-20H2,1-5H3,(H,38,40)(H,39,42). The summed E-state index contributed by atoms with van der Waals surface area (Å²) in [6, 6.07) is -3.14. The summed E-state index contributed by atoms with van der Waals surface area (Å²) in [7, 11) is 0. The van der Waals surface area contributed by atoms with Crippen molar-refractivity contribution in [3.05, 3.63) is 0 Å². The predicted octanol–water partition coefficient (Wildman–Crippen LogP) is 8.13. The van der Waals surface area contributed by atoms with E-state index in [0.717, 1.165) is 25.7 Å². The molecule has 2 N–H and O–H groups in total. The van der Waals surface area contributed by atoms with E-state index in [0.29, 0.717) is 6.42 Å². The molecule has 0 aliphatic rings. The van der Waals surface area contributed by atoms with Gasteiger partial charge in [-0.25, -0.2) is 4.79 Å². The molecule has 0 aromatic rings. The van der Waals surface area contributed by atoms with E-state index in [1.165, 1.54) is 64.1 Å². The summed E-state index contributed by atoms with van der Waals surface area (Å²) in [5, 5.41) is 3.62. The number of carbonyl (C=O) groups excluding carboxylic acids is 3. The first-order valence-electron chi connectivity index (χ1n) is 15.5. The van der Waals surface area contributed by atoms with Crippen LogP contribution in [0.25, 0.3) is 0 Å². The predicted molar refractivity (Wildman–Crippen MR) is 151 cm³/mol. The Morgan fingerprint density at radius 3 is 1.47 bits per heavy atom. The van der Waals surface area contributed by atoms with Crippen molar-refractivity contribution in [2.75, 3.05) is 6.61 Å². The summed E-state index contributed by atoms with van der Waals surface area (Å²) in [6.07, 6.45) is 6.40. The number of alkyl halides is 7. The van der Waals surface area contributed by atoms with E-state index in [-0.39, 0.29) is 25.4 Å². The van der Waals surface area contributed by atoms with Crippen LogP contribution in [0.2, 0.25) is 0 Å². The molecular formula is C30H51F7N2O4. The molecule has 0 aromatic carbocycles. The minimum absolute atomic E-state index is 0.0771. The number of hydrogen-bond donors (Lipinski definition) is 2. The fraction of sp³-hybridized carbons (Fsp3) is 0.900. The molecule has 0 saturated carbocycles. The van der Waals surface area contributed by atoms with Crippen molar-refractivity contribution in [2.24, 2.45) is 11.8 Å². The lowest BCUT2D eigenvalue weighted by molar-refractivity contribution is -0.344. The number of amides is 2. The van der Waals surface area contributed by atoms with Gasteiger partial charge in [0.1, 0.15) is 12.1 Å². The van der Waals surface area contributed by atoms with Crippen molar-refractivity contribution in [3.63, 3.8) is 0 Å². The van der Waals surface area contributed by atoms with Crippen molar-refractivity contribution < 1.29 is 49.9 Å². The summed E-state index contributed by atoms with van der Waals surface area (Å²) in [6.45, 7) is 8.79. The Labute approximate surface area is 251 Å². The Morgan fingerprint density at radius 1 is 0.628 bits per heavy atom. The quantitative estimate of drug-likeness (QED) is 0.0674. The van der Waals surface area contributed by atoms with Crippen molar-refractivity contribution in [2.45, 2.75) is 155 Å². The smallest absolute Gasteiger partial charge is 0.460 e. The summed E-state index contributed by atoms with van der Waals surface area (Å²) in [4.78, 5) is 37.5. The van der Waals surface area contributed by atoms with Crippen molar-refractivity contribution in [1.29, 1.82) is 0 Å². The van der Waals surface area contributed by atoms with Crippen LogP contribution in [0.1, 0.15) is 125 Å². The van der Waals surface area contributed by atoms with Crippen molar-refractivity contribution in [3.8, 4) is 0 Å². The molecule has 0 spiro atoms. The first-order valence-corrected chi connectivity index (χ1v) is 15.5. The zero-order chi connectivity index (χ0) is 33.3. The number of rotatable bonds is 23. The lowest BCUT2D eigenvalue weighted by Gasteiger charge is -2.29. The van der Waals surface area contributed by atoms with Crippen LogP contribution in [0.3, 0.4) is 0 Å². The minimum atomic E-state index is -6.71. The highest BCUT2D eigenvalue weighted by Gasteiger charge is 2.76. The van der Waals surface area contributed by atoms with Gasteiger partial charge in [0, 0.05) is 0 Å². The Morgan fingerprint density at radius 2 is 1.05 bits per heavy atom. The molecule has 2 amide bonds. The average molecular weight is 637 g/mol. The third-order valence-corrected chi connectivity index (χ3v) is 6.91. The van der Waals surface area contributed by atoms with Crippen LogP contribution in [0.5, 0.6) is 0 Å². The van der Waals surface area contributed by atoms with Gasteiger partial charge >= 0.3 is 24.0 Å². The molecular weight excluding hydrogens is 585 g/mol. The third kappa shape index (κ3) is 15.5. The second-order valence-corrected chi connectivity index (χ2v) is 12.0. The van der Waals surface area contributed by atoms with Crippen LogP contribution < -0.4 is 10.6 Å². The van der Waals surface area contributed by atoms with Crippen molar-refractivity contribution in [1.82, 2.24) is 10.6 Å². The maximum Gasteiger partial charge on any atom is 0.460 e. The molecule has 0 bridgehead atoms. The van der Waals surface area contributed by atoms with Gasteiger partial charge in [-0.15, -0.1) is 0 Å². The van der Waals surface area contributed by atoms with Crippen LogP contribution in [0.15, 0.2) is 0 Å². The number of unbranched alkanes of at least 4 members (excludes halogenated alkanes) is 11. The van der Waals surface area contributed by atoms with Gasteiger partial charge in [-0.1, -0.05) is 105 Å². The van der Waals surface area contributed by atoms with Gasteiger partial charge < -0.3 is 15.4 Å². The van der Waals surface area contributed by atoms with E-state index >= 15 is 0 Å². The Kier molecular flexibility index (Phi) is 19.1. The number of carbonyl (C=O) groups is 3. The van der Waals surface area contributed by atoms with Gasteiger partial charge in [-0.05, 0) is 31.1 Å². The first kappa shape index (κ1) is 40.9. The minimum Gasteiger partial charge on any atom is -0.464 e. The summed E-state index contributed by atoms with van der Waals surface area (Å²) >= 11 is 0. The Bertz CT molecular complexity index is 821. The van der Waals surface area contributed by atoms with Gasteiger partial charge in [0.2, 0.25) is 5.91 Å². The number of ether oxygens (including phenoxy) is 1. The topological polar surface area (TPSA) is 84.5 Å². The average Bonchev–Trinajstić information content (AvgIpc) is 2.88. The Balaban J connectivity index is 4.96. The van der Waals surface area contributed by atoms with Crippen molar-refractivity contribution >= 4 is 17.8 Å². The molecule has 2 unspecified atom stereocenters. The maximum absolute atomic E-state index is 13.9. The number of esters is 1. The molecule has 2 atom stereocenters. The molecule has 43 heavy (non-hydrogen) atoms. The van der Waals surface area contributed by atoms with Gasteiger partial charge in [0.05, 0.1) is 6.61 Å². The lowest BCUT2D eigenvalue weighted by Crippen LogP contribution is -2.62. The fourth-order valence-electron chi connectivity index (χ4n) is 4.45. The van der Waals surface area contributed by atoms with Crippen LogP contribution in [0.4, 0.5) is 30.7 Å². The van der Waals surface area contributed by atoms with Crippen LogP contribution in [-0.2, 0) is 19.1 Å². The van der Waals surface area contributed by atoms with Gasteiger partial charge in [0.25, 0.3) is 5.91 Å². The zero-order valence-corrected chi connectivity index (χ0v) is 26.2. The monoisotopic (exact) mass is 636 g/mol. The van der Waals surface area contributed by atoms with E-state index < -0.39 is 53.8 Å². The summed E-state index contributed by atoms with van der Waals surface area (Å²) < 4.78 is 97.3. The number of nitrogens with one attached hydrogen (secondary N) is 2. The first-order chi connectivity index (χ1) is 19.9. The molecule has 0 heterocycles. The van der Waals surface area contributed by atoms with E-state index in [9.17, 15) is 45.1 Å². The van der Waals surface area contributed by atoms with Crippen LogP contribution >= 0.6 is 0 Å². The second kappa shape index (κ2) is 20.0. The SMILES string of the molecule is CCCCCCCCCCCCCCOC(=O)C(CC(C)C)NC(=O)C(CC(C)C)NC(=O)C(F)(F)C(F)(F)C(F)(F)F. The number of hydrogen-bond acceptors (Lipinski definition) is 4. The van der Waals surface area contributed by atoms with Gasteiger partial charge in [-0.3, -0.25) is 9.59 Å². The highest BCUT2D eigenvalue weighted by molar-refractivity contribution is 5.93. The molecule has 0 saturated heterocycles. The molecule has 0 aromatic heterocycles.